The third-order valence-corrected chi connectivity index (χ3v) is 1.55. The standard InChI is InChI=1S/C6H6BrFN2.ClH/c7-6-1-4(2-9)5(8)3-10-6;/h1,3H,2,9H2;1H. The first-order valence-electron chi connectivity index (χ1n) is 2.74. The van der Waals surface area contributed by atoms with Gasteiger partial charge >= 0.3 is 0 Å². The van der Waals surface area contributed by atoms with E-state index in [4.69, 9.17) is 5.73 Å². The Morgan fingerprint density at radius 1 is 1.64 bits per heavy atom. The van der Waals surface area contributed by atoms with Gasteiger partial charge in [0, 0.05) is 12.1 Å². The van der Waals surface area contributed by atoms with Crippen LogP contribution in [-0.2, 0) is 6.54 Å². The summed E-state index contributed by atoms with van der Waals surface area (Å²) in [5, 5.41) is 0. The molecule has 1 aromatic heterocycles. The second kappa shape index (κ2) is 4.64. The molecule has 0 unspecified atom stereocenters. The Kier molecular flexibility index (Phi) is 4.56. The van der Waals surface area contributed by atoms with Gasteiger partial charge in [-0.05, 0) is 22.0 Å². The molecule has 0 amide bonds. The van der Waals surface area contributed by atoms with E-state index < -0.39 is 0 Å². The number of pyridine rings is 1. The topological polar surface area (TPSA) is 38.9 Å². The van der Waals surface area contributed by atoms with E-state index >= 15 is 0 Å². The molecule has 11 heavy (non-hydrogen) atoms. The van der Waals surface area contributed by atoms with Gasteiger partial charge in [0.25, 0.3) is 0 Å². The highest BCUT2D eigenvalue weighted by molar-refractivity contribution is 9.10. The molecule has 1 aromatic rings. The normalized spacial score (nSPS) is 9.00. The van der Waals surface area contributed by atoms with Gasteiger partial charge in [0.1, 0.15) is 10.4 Å². The lowest BCUT2D eigenvalue weighted by Crippen LogP contribution is -2.00. The lowest BCUT2D eigenvalue weighted by atomic mass is 10.3. The van der Waals surface area contributed by atoms with E-state index in [9.17, 15) is 4.39 Å². The molecule has 0 aliphatic rings. The summed E-state index contributed by atoms with van der Waals surface area (Å²) in [6, 6.07) is 1.56. The zero-order valence-electron chi connectivity index (χ0n) is 5.55. The minimum absolute atomic E-state index is 0. The Hall–Kier alpha value is -0.190. The molecule has 1 heterocycles. The van der Waals surface area contributed by atoms with E-state index in [1.807, 2.05) is 0 Å². The predicted octanol–water partition coefficient (Wildman–Crippen LogP) is 1.86. The second-order valence-corrected chi connectivity index (χ2v) is 2.62. The van der Waals surface area contributed by atoms with Crippen molar-refractivity contribution in [3.63, 3.8) is 0 Å². The number of rotatable bonds is 1. The monoisotopic (exact) mass is 240 g/mol. The van der Waals surface area contributed by atoms with Crippen molar-refractivity contribution in [3.05, 3.63) is 28.2 Å². The van der Waals surface area contributed by atoms with Crippen LogP contribution < -0.4 is 5.73 Å². The molecule has 0 saturated carbocycles. The van der Waals surface area contributed by atoms with Crippen LogP contribution in [0.15, 0.2) is 16.9 Å². The minimum Gasteiger partial charge on any atom is -0.326 e. The summed E-state index contributed by atoms with van der Waals surface area (Å²) in [5.41, 5.74) is 5.70. The fraction of sp³-hybridized carbons (Fsp3) is 0.167. The molecule has 0 aliphatic carbocycles. The van der Waals surface area contributed by atoms with E-state index in [1.54, 1.807) is 6.07 Å². The average Bonchev–Trinajstić information content (AvgIpc) is 1.94. The Morgan fingerprint density at radius 2 is 2.27 bits per heavy atom. The molecule has 0 aromatic carbocycles. The maximum absolute atomic E-state index is 12.6. The summed E-state index contributed by atoms with van der Waals surface area (Å²) in [7, 11) is 0. The van der Waals surface area contributed by atoms with Crippen LogP contribution in [0.4, 0.5) is 4.39 Å². The molecule has 0 aliphatic heterocycles. The Morgan fingerprint density at radius 3 is 2.73 bits per heavy atom. The molecule has 0 saturated heterocycles. The highest BCUT2D eigenvalue weighted by atomic mass is 79.9. The van der Waals surface area contributed by atoms with Gasteiger partial charge in [-0.1, -0.05) is 0 Å². The van der Waals surface area contributed by atoms with Crippen molar-refractivity contribution in [1.82, 2.24) is 4.98 Å². The van der Waals surface area contributed by atoms with Crippen LogP contribution in [0.2, 0.25) is 0 Å². The SMILES string of the molecule is Cl.NCc1cc(Br)ncc1F. The van der Waals surface area contributed by atoms with Crippen LogP contribution in [0.1, 0.15) is 5.56 Å². The summed E-state index contributed by atoms with van der Waals surface area (Å²) in [6.07, 6.45) is 1.15. The maximum Gasteiger partial charge on any atom is 0.146 e. The molecule has 0 atom stereocenters. The van der Waals surface area contributed by atoms with E-state index in [2.05, 4.69) is 20.9 Å². The van der Waals surface area contributed by atoms with Crippen LogP contribution in [0, 0.1) is 5.82 Å². The van der Waals surface area contributed by atoms with Crippen molar-refractivity contribution in [2.24, 2.45) is 5.73 Å². The third kappa shape index (κ3) is 2.73. The summed E-state index contributed by atoms with van der Waals surface area (Å²) >= 11 is 3.10. The minimum atomic E-state index is -0.356. The first-order valence-corrected chi connectivity index (χ1v) is 3.53. The van der Waals surface area contributed by atoms with Gasteiger partial charge in [-0.15, -0.1) is 12.4 Å². The molecule has 0 spiro atoms. The number of nitrogens with two attached hydrogens (primary N) is 1. The van der Waals surface area contributed by atoms with Crippen molar-refractivity contribution >= 4 is 28.3 Å². The number of nitrogens with zero attached hydrogens (tertiary/aromatic N) is 1. The Labute approximate surface area is 78.5 Å². The summed E-state index contributed by atoms with van der Waals surface area (Å²) in [5.74, 6) is -0.356. The molecule has 5 heteroatoms. The number of aromatic nitrogens is 1. The first-order chi connectivity index (χ1) is 4.74. The van der Waals surface area contributed by atoms with E-state index in [0.717, 1.165) is 6.20 Å². The molecular formula is C6H7BrClFN2. The van der Waals surface area contributed by atoms with Gasteiger partial charge in [0.2, 0.25) is 0 Å². The van der Waals surface area contributed by atoms with Gasteiger partial charge in [-0.3, -0.25) is 0 Å². The van der Waals surface area contributed by atoms with Crippen LogP contribution >= 0.6 is 28.3 Å². The van der Waals surface area contributed by atoms with Gasteiger partial charge < -0.3 is 5.73 Å². The summed E-state index contributed by atoms with van der Waals surface area (Å²) in [4.78, 5) is 3.67. The molecule has 2 nitrogen and oxygen atoms in total. The highest BCUT2D eigenvalue weighted by Gasteiger charge is 1.99. The summed E-state index contributed by atoms with van der Waals surface area (Å²) in [6.45, 7) is 0.201. The number of hydrogen-bond donors (Lipinski definition) is 1. The van der Waals surface area contributed by atoms with Crippen molar-refractivity contribution in [3.8, 4) is 0 Å². The lowest BCUT2D eigenvalue weighted by Gasteiger charge is -1.97. The molecule has 2 N–H and O–H groups in total. The second-order valence-electron chi connectivity index (χ2n) is 1.80. The molecule has 0 bridgehead atoms. The fourth-order valence-electron chi connectivity index (χ4n) is 0.608. The quantitative estimate of drug-likeness (QED) is 0.762. The van der Waals surface area contributed by atoms with Crippen molar-refractivity contribution in [2.75, 3.05) is 0 Å². The highest BCUT2D eigenvalue weighted by Crippen LogP contribution is 2.10. The third-order valence-electron chi connectivity index (χ3n) is 1.12. The van der Waals surface area contributed by atoms with Gasteiger partial charge in [-0.25, -0.2) is 9.37 Å². The fourth-order valence-corrected chi connectivity index (χ4v) is 0.986. The van der Waals surface area contributed by atoms with Crippen molar-refractivity contribution < 1.29 is 4.39 Å². The molecule has 0 fully saturated rings. The molecule has 62 valence electrons. The van der Waals surface area contributed by atoms with E-state index in [-0.39, 0.29) is 24.8 Å². The van der Waals surface area contributed by atoms with Gasteiger partial charge in [0.15, 0.2) is 0 Å². The Bertz CT molecular complexity index is 244. The van der Waals surface area contributed by atoms with Crippen molar-refractivity contribution in [2.45, 2.75) is 6.54 Å². The number of hydrogen-bond acceptors (Lipinski definition) is 2. The Balaban J connectivity index is 0.000001000. The smallest absolute Gasteiger partial charge is 0.146 e. The van der Waals surface area contributed by atoms with E-state index in [0.29, 0.717) is 10.2 Å². The predicted molar refractivity (Wildman–Crippen MR) is 47.0 cm³/mol. The van der Waals surface area contributed by atoms with Gasteiger partial charge in [0.05, 0.1) is 6.20 Å². The van der Waals surface area contributed by atoms with Crippen LogP contribution in [-0.4, -0.2) is 4.98 Å². The lowest BCUT2D eigenvalue weighted by molar-refractivity contribution is 0.603. The molecule has 0 radical (unpaired) electrons. The van der Waals surface area contributed by atoms with Crippen molar-refractivity contribution in [1.29, 1.82) is 0 Å². The first kappa shape index (κ1) is 10.8. The van der Waals surface area contributed by atoms with Crippen LogP contribution in [0.5, 0.6) is 0 Å². The zero-order chi connectivity index (χ0) is 7.56. The number of halogens is 3. The van der Waals surface area contributed by atoms with Gasteiger partial charge in [-0.2, -0.15) is 0 Å². The zero-order valence-corrected chi connectivity index (χ0v) is 7.95. The maximum atomic E-state index is 12.6. The van der Waals surface area contributed by atoms with Crippen LogP contribution in [0.25, 0.3) is 0 Å². The molecule has 1 rings (SSSR count). The summed E-state index contributed by atoms with van der Waals surface area (Å²) < 4.78 is 13.2. The largest absolute Gasteiger partial charge is 0.326 e. The molecular weight excluding hydrogens is 234 g/mol. The van der Waals surface area contributed by atoms with Crippen LogP contribution in [0.3, 0.4) is 0 Å². The average molecular weight is 241 g/mol. The van der Waals surface area contributed by atoms with E-state index in [1.165, 1.54) is 0 Å².